The van der Waals surface area contributed by atoms with Crippen LogP contribution in [0.5, 0.6) is 0 Å². The Hall–Kier alpha value is -0.0700. The average Bonchev–Trinajstić information content (AvgIpc) is 3.16. The molecule has 3 saturated heterocycles. The quantitative estimate of drug-likeness (QED) is 0.821. The van der Waals surface area contributed by atoms with Crippen molar-refractivity contribution in [3.05, 3.63) is 22.4 Å². The Kier molecular flexibility index (Phi) is 4.79. The first-order valence-electron chi connectivity index (χ1n) is 8.39. The molecule has 22 heavy (non-hydrogen) atoms. The first-order chi connectivity index (χ1) is 10.8. The molecule has 0 amide bonds. The number of hydrogen-bond acceptors (Lipinski definition) is 5. The summed E-state index contributed by atoms with van der Waals surface area (Å²) in [5, 5.41) is 2.18. The molecule has 0 unspecified atom stereocenters. The SMILES string of the molecule is c1csc(CN2CC3(C[C@@H](OCC4CCOCC4)CS3)C2)c1. The van der Waals surface area contributed by atoms with Gasteiger partial charge in [0.05, 0.1) is 6.10 Å². The standard InChI is InChI=1S/C17H25NO2S2/c1-2-16(21-7-1)9-18-12-17(13-18)8-15(11-22-17)20-10-14-3-5-19-6-4-14/h1-2,7,14-15H,3-6,8-13H2/t15-/m1/s1. The highest BCUT2D eigenvalue weighted by molar-refractivity contribution is 8.01. The normalized spacial score (nSPS) is 29.0. The lowest BCUT2D eigenvalue weighted by Crippen LogP contribution is -2.58. The Labute approximate surface area is 141 Å². The van der Waals surface area contributed by atoms with E-state index >= 15 is 0 Å². The predicted molar refractivity (Wildman–Crippen MR) is 92.7 cm³/mol. The molecule has 4 heterocycles. The van der Waals surface area contributed by atoms with Crippen molar-refractivity contribution < 1.29 is 9.47 Å². The van der Waals surface area contributed by atoms with Crippen molar-refractivity contribution in [1.82, 2.24) is 4.90 Å². The summed E-state index contributed by atoms with van der Waals surface area (Å²) in [5.41, 5.74) is 0. The van der Waals surface area contributed by atoms with Crippen LogP contribution in [0.3, 0.4) is 0 Å². The lowest BCUT2D eigenvalue weighted by molar-refractivity contribution is -0.0132. The summed E-state index contributed by atoms with van der Waals surface area (Å²) in [4.78, 5) is 4.07. The maximum atomic E-state index is 6.22. The second-order valence-electron chi connectivity index (χ2n) is 6.93. The van der Waals surface area contributed by atoms with E-state index in [-0.39, 0.29) is 0 Å². The number of likely N-dealkylation sites (tertiary alicyclic amines) is 1. The first kappa shape index (κ1) is 15.5. The Morgan fingerprint density at radius 3 is 2.95 bits per heavy atom. The van der Waals surface area contributed by atoms with Crippen molar-refractivity contribution >= 4 is 23.1 Å². The van der Waals surface area contributed by atoms with Gasteiger partial charge in [0.15, 0.2) is 0 Å². The summed E-state index contributed by atoms with van der Waals surface area (Å²) in [6.07, 6.45) is 4.10. The third-order valence-electron chi connectivity index (χ3n) is 5.07. The van der Waals surface area contributed by atoms with Crippen molar-refractivity contribution in [2.75, 3.05) is 38.7 Å². The molecule has 3 aliphatic rings. The molecule has 3 nitrogen and oxygen atoms in total. The third-order valence-corrected chi connectivity index (χ3v) is 7.50. The van der Waals surface area contributed by atoms with Crippen LogP contribution < -0.4 is 0 Å². The third kappa shape index (κ3) is 3.54. The van der Waals surface area contributed by atoms with Gasteiger partial charge in [-0.2, -0.15) is 0 Å². The summed E-state index contributed by atoms with van der Waals surface area (Å²) in [6.45, 7) is 6.42. The average molecular weight is 340 g/mol. The largest absolute Gasteiger partial charge is 0.381 e. The van der Waals surface area contributed by atoms with Crippen LogP contribution in [-0.2, 0) is 16.0 Å². The molecule has 3 aliphatic heterocycles. The minimum absolute atomic E-state index is 0.483. The van der Waals surface area contributed by atoms with Gasteiger partial charge in [-0.15, -0.1) is 23.1 Å². The zero-order valence-corrected chi connectivity index (χ0v) is 14.7. The molecule has 5 heteroatoms. The van der Waals surface area contributed by atoms with Crippen LogP contribution in [0.4, 0.5) is 0 Å². The van der Waals surface area contributed by atoms with Crippen molar-refractivity contribution in [3.63, 3.8) is 0 Å². The van der Waals surface area contributed by atoms with E-state index in [9.17, 15) is 0 Å². The van der Waals surface area contributed by atoms with Crippen LogP contribution in [0, 0.1) is 5.92 Å². The van der Waals surface area contributed by atoms with Crippen LogP contribution >= 0.6 is 23.1 Å². The molecule has 0 aromatic carbocycles. The molecule has 1 aromatic heterocycles. The fourth-order valence-corrected chi connectivity index (χ4v) is 6.17. The van der Waals surface area contributed by atoms with E-state index in [4.69, 9.17) is 9.47 Å². The van der Waals surface area contributed by atoms with E-state index in [1.165, 1.54) is 43.0 Å². The Morgan fingerprint density at radius 2 is 2.18 bits per heavy atom. The molecule has 1 atom stereocenters. The summed E-state index contributed by atoms with van der Waals surface area (Å²) in [6, 6.07) is 4.40. The molecule has 0 aliphatic carbocycles. The molecular weight excluding hydrogens is 314 g/mol. The second-order valence-corrected chi connectivity index (χ2v) is 9.45. The topological polar surface area (TPSA) is 21.7 Å². The molecule has 0 N–H and O–H groups in total. The van der Waals surface area contributed by atoms with E-state index in [0.29, 0.717) is 10.9 Å². The Bertz CT molecular complexity index is 467. The maximum absolute atomic E-state index is 6.22. The predicted octanol–water partition coefficient (Wildman–Crippen LogP) is 3.25. The van der Waals surface area contributed by atoms with Gasteiger partial charge in [0.2, 0.25) is 0 Å². The van der Waals surface area contributed by atoms with Crippen LogP contribution in [0.2, 0.25) is 0 Å². The van der Waals surface area contributed by atoms with Gasteiger partial charge in [-0.05, 0) is 36.6 Å². The fourth-order valence-electron chi connectivity index (χ4n) is 3.82. The molecular formula is C17H25NO2S2. The lowest BCUT2D eigenvalue weighted by Gasteiger charge is -2.47. The Morgan fingerprint density at radius 1 is 1.32 bits per heavy atom. The zero-order valence-electron chi connectivity index (χ0n) is 13.0. The molecule has 0 radical (unpaired) electrons. The highest BCUT2D eigenvalue weighted by Crippen LogP contribution is 2.46. The van der Waals surface area contributed by atoms with Crippen LogP contribution in [0.15, 0.2) is 17.5 Å². The molecule has 3 fully saturated rings. The van der Waals surface area contributed by atoms with Gasteiger partial charge >= 0.3 is 0 Å². The monoisotopic (exact) mass is 339 g/mol. The number of nitrogens with zero attached hydrogens (tertiary/aromatic N) is 1. The first-order valence-corrected chi connectivity index (χ1v) is 10.3. The van der Waals surface area contributed by atoms with Gasteiger partial charge in [-0.1, -0.05) is 6.07 Å². The van der Waals surface area contributed by atoms with E-state index < -0.39 is 0 Å². The molecule has 0 saturated carbocycles. The lowest BCUT2D eigenvalue weighted by atomic mass is 9.93. The summed E-state index contributed by atoms with van der Waals surface area (Å²) in [5.74, 6) is 1.92. The smallest absolute Gasteiger partial charge is 0.0680 e. The van der Waals surface area contributed by atoms with Gasteiger partial charge in [-0.3, -0.25) is 4.90 Å². The fraction of sp³-hybridized carbons (Fsp3) is 0.765. The molecule has 0 bridgehead atoms. The summed E-state index contributed by atoms with van der Waals surface area (Å²) < 4.78 is 12.1. The van der Waals surface area contributed by atoms with Crippen LogP contribution in [0.1, 0.15) is 24.1 Å². The van der Waals surface area contributed by atoms with E-state index in [1.807, 2.05) is 11.3 Å². The number of thioether (sulfide) groups is 1. The summed E-state index contributed by atoms with van der Waals surface area (Å²) in [7, 11) is 0. The van der Waals surface area contributed by atoms with E-state index in [0.717, 1.165) is 32.3 Å². The number of rotatable bonds is 5. The number of hydrogen-bond donors (Lipinski definition) is 0. The van der Waals surface area contributed by atoms with Gasteiger partial charge in [0.1, 0.15) is 0 Å². The minimum atomic E-state index is 0.483. The highest BCUT2D eigenvalue weighted by atomic mass is 32.2. The van der Waals surface area contributed by atoms with Crippen LogP contribution in [0.25, 0.3) is 0 Å². The molecule has 1 spiro atoms. The minimum Gasteiger partial charge on any atom is -0.381 e. The molecule has 4 rings (SSSR count). The highest BCUT2D eigenvalue weighted by Gasteiger charge is 2.49. The van der Waals surface area contributed by atoms with Crippen molar-refractivity contribution in [2.45, 2.75) is 36.7 Å². The van der Waals surface area contributed by atoms with Gasteiger partial charge < -0.3 is 9.47 Å². The second kappa shape index (κ2) is 6.81. The number of ether oxygens (including phenoxy) is 2. The van der Waals surface area contributed by atoms with Crippen molar-refractivity contribution in [3.8, 4) is 0 Å². The maximum Gasteiger partial charge on any atom is 0.0680 e. The van der Waals surface area contributed by atoms with Crippen LogP contribution in [-0.4, -0.2) is 54.4 Å². The number of thiophene rings is 1. The van der Waals surface area contributed by atoms with Gasteiger partial charge in [0.25, 0.3) is 0 Å². The van der Waals surface area contributed by atoms with Gasteiger partial charge in [-0.25, -0.2) is 0 Å². The summed E-state index contributed by atoms with van der Waals surface area (Å²) >= 11 is 4.03. The van der Waals surface area contributed by atoms with E-state index in [2.05, 4.69) is 34.2 Å². The molecule has 122 valence electrons. The zero-order chi connectivity index (χ0) is 14.8. The Balaban J connectivity index is 1.18. The van der Waals surface area contributed by atoms with Gasteiger partial charge in [0, 0.05) is 54.8 Å². The molecule has 1 aromatic rings. The van der Waals surface area contributed by atoms with E-state index in [1.54, 1.807) is 0 Å². The van der Waals surface area contributed by atoms with Crippen molar-refractivity contribution in [1.29, 1.82) is 0 Å². The van der Waals surface area contributed by atoms with Crippen molar-refractivity contribution in [2.24, 2.45) is 5.92 Å².